The second kappa shape index (κ2) is 8.53. The van der Waals surface area contributed by atoms with E-state index in [0.29, 0.717) is 11.3 Å². The van der Waals surface area contributed by atoms with Crippen LogP contribution >= 0.6 is 12.2 Å². The number of carbonyl (C=O) groups is 1. The lowest BCUT2D eigenvalue weighted by Crippen LogP contribution is -2.23. The van der Waals surface area contributed by atoms with E-state index in [1.165, 1.54) is 43.7 Å². The summed E-state index contributed by atoms with van der Waals surface area (Å²) in [5.41, 5.74) is 8.38. The molecule has 0 aliphatic rings. The molecule has 0 spiro atoms. The molecule has 0 aliphatic carbocycles. The van der Waals surface area contributed by atoms with Gasteiger partial charge in [-0.3, -0.25) is 15.5 Å². The van der Waals surface area contributed by atoms with Gasteiger partial charge in [0.25, 0.3) is 5.69 Å². The molecule has 134 valence electrons. The first-order valence-corrected chi connectivity index (χ1v) is 7.54. The van der Waals surface area contributed by atoms with Crippen LogP contribution in [-0.2, 0) is 0 Å². The fourth-order valence-corrected chi connectivity index (χ4v) is 1.95. The number of ether oxygens (including phenoxy) is 2. The van der Waals surface area contributed by atoms with Crippen molar-refractivity contribution in [2.75, 3.05) is 7.11 Å². The van der Waals surface area contributed by atoms with Crippen LogP contribution in [0.25, 0.3) is 0 Å². The second-order valence-electron chi connectivity index (χ2n) is 4.84. The van der Waals surface area contributed by atoms with Gasteiger partial charge in [0.1, 0.15) is 0 Å². The van der Waals surface area contributed by atoms with Crippen molar-refractivity contribution < 1.29 is 19.2 Å². The Morgan fingerprint density at radius 2 is 1.96 bits per heavy atom. The average Bonchev–Trinajstić information content (AvgIpc) is 2.62. The Hall–Kier alpha value is -3.53. The third-order valence-electron chi connectivity index (χ3n) is 3.09. The Bertz CT molecular complexity index is 867. The van der Waals surface area contributed by atoms with Gasteiger partial charge in [-0.25, -0.2) is 4.79 Å². The molecule has 0 unspecified atom stereocenters. The highest BCUT2D eigenvalue weighted by Crippen LogP contribution is 2.28. The van der Waals surface area contributed by atoms with Crippen LogP contribution in [-0.4, -0.2) is 29.3 Å². The Morgan fingerprint density at radius 3 is 2.54 bits per heavy atom. The van der Waals surface area contributed by atoms with Crippen molar-refractivity contribution in [3.05, 3.63) is 63.7 Å². The van der Waals surface area contributed by atoms with Gasteiger partial charge in [-0.2, -0.15) is 5.10 Å². The summed E-state index contributed by atoms with van der Waals surface area (Å²) in [6, 6.07) is 9.86. The molecule has 0 heterocycles. The first-order chi connectivity index (χ1) is 12.4. The summed E-state index contributed by atoms with van der Waals surface area (Å²) in [4.78, 5) is 22.3. The third-order valence-corrected chi connectivity index (χ3v) is 3.18. The van der Waals surface area contributed by atoms with E-state index >= 15 is 0 Å². The van der Waals surface area contributed by atoms with Crippen LogP contribution in [0.15, 0.2) is 47.6 Å². The number of hydrogen-bond acceptors (Lipinski definition) is 7. The van der Waals surface area contributed by atoms with Crippen LogP contribution in [0.5, 0.6) is 11.5 Å². The third kappa shape index (κ3) is 4.98. The number of esters is 1. The number of hydrogen-bond donors (Lipinski definition) is 2. The first kappa shape index (κ1) is 18.8. The topological polar surface area (TPSA) is 129 Å². The summed E-state index contributed by atoms with van der Waals surface area (Å²) in [7, 11) is 1.42. The molecule has 0 aromatic heterocycles. The Kier molecular flexibility index (Phi) is 6.17. The number of thiocarbonyl (C=S) groups is 1. The minimum Gasteiger partial charge on any atom is -0.493 e. The maximum absolute atomic E-state index is 12.2. The number of rotatable bonds is 6. The molecule has 9 nitrogen and oxygen atoms in total. The molecule has 0 atom stereocenters. The van der Waals surface area contributed by atoms with E-state index in [9.17, 15) is 14.9 Å². The SMILES string of the molecule is COc1cc(/C=N\NC(N)=S)ccc1OC(=O)c1ccc([N+](=O)[O-])cc1. The van der Waals surface area contributed by atoms with Gasteiger partial charge in [0, 0.05) is 12.1 Å². The fraction of sp³-hybridized carbons (Fsp3) is 0.0625. The van der Waals surface area contributed by atoms with Crippen LogP contribution < -0.4 is 20.6 Å². The van der Waals surface area contributed by atoms with Crippen molar-refractivity contribution in [3.63, 3.8) is 0 Å². The number of carbonyl (C=O) groups excluding carboxylic acids is 1. The number of benzene rings is 2. The van der Waals surface area contributed by atoms with Crippen molar-refractivity contribution in [3.8, 4) is 11.5 Å². The molecular formula is C16H14N4O5S. The van der Waals surface area contributed by atoms with Crippen LogP contribution in [0.4, 0.5) is 5.69 Å². The van der Waals surface area contributed by atoms with E-state index in [-0.39, 0.29) is 22.1 Å². The highest BCUT2D eigenvalue weighted by atomic mass is 32.1. The summed E-state index contributed by atoms with van der Waals surface area (Å²) in [5, 5.41) is 14.5. The molecule has 0 bridgehead atoms. The maximum Gasteiger partial charge on any atom is 0.343 e. The normalized spacial score (nSPS) is 10.3. The molecular weight excluding hydrogens is 360 g/mol. The molecule has 0 saturated heterocycles. The Labute approximate surface area is 153 Å². The molecule has 0 aliphatic heterocycles. The van der Waals surface area contributed by atoms with Gasteiger partial charge in [0.15, 0.2) is 16.6 Å². The van der Waals surface area contributed by atoms with Crippen LogP contribution in [0.2, 0.25) is 0 Å². The summed E-state index contributed by atoms with van der Waals surface area (Å²) >= 11 is 4.63. The molecule has 0 amide bonds. The largest absolute Gasteiger partial charge is 0.493 e. The van der Waals surface area contributed by atoms with Gasteiger partial charge < -0.3 is 15.2 Å². The number of hydrazone groups is 1. The molecule has 2 rings (SSSR count). The molecule has 2 aromatic rings. The van der Waals surface area contributed by atoms with E-state index in [4.69, 9.17) is 15.2 Å². The van der Waals surface area contributed by atoms with E-state index in [2.05, 4.69) is 22.7 Å². The number of non-ortho nitro benzene ring substituents is 1. The molecule has 0 saturated carbocycles. The lowest BCUT2D eigenvalue weighted by atomic mass is 10.2. The van der Waals surface area contributed by atoms with Gasteiger partial charge in [-0.05, 0) is 48.1 Å². The molecule has 0 fully saturated rings. The van der Waals surface area contributed by atoms with Crippen LogP contribution in [0, 0.1) is 10.1 Å². The van der Waals surface area contributed by atoms with Crippen molar-refractivity contribution in [2.24, 2.45) is 10.8 Å². The highest BCUT2D eigenvalue weighted by molar-refractivity contribution is 7.80. The molecule has 26 heavy (non-hydrogen) atoms. The number of methoxy groups -OCH3 is 1. The summed E-state index contributed by atoms with van der Waals surface area (Å²) in [5.74, 6) is -0.176. The van der Waals surface area contributed by atoms with Gasteiger partial charge in [-0.15, -0.1) is 0 Å². The molecule has 3 N–H and O–H groups in total. The lowest BCUT2D eigenvalue weighted by molar-refractivity contribution is -0.384. The standard InChI is InChI=1S/C16H14N4O5S/c1-24-14-8-10(9-18-19-16(17)26)2-7-13(14)25-15(21)11-3-5-12(6-4-11)20(22)23/h2-9H,1H3,(H3,17,19,26)/b18-9-. The maximum atomic E-state index is 12.2. The Balaban J connectivity index is 2.15. The lowest BCUT2D eigenvalue weighted by Gasteiger charge is -2.10. The van der Waals surface area contributed by atoms with E-state index in [1.807, 2.05) is 0 Å². The number of nitrogens with two attached hydrogens (primary N) is 1. The number of nitrogens with one attached hydrogen (secondary N) is 1. The molecule has 10 heteroatoms. The number of nitro benzene ring substituents is 1. The van der Waals surface area contributed by atoms with Gasteiger partial charge in [-0.1, -0.05) is 0 Å². The van der Waals surface area contributed by atoms with E-state index in [1.54, 1.807) is 12.1 Å². The number of nitro groups is 1. The summed E-state index contributed by atoms with van der Waals surface area (Å²) in [6.45, 7) is 0. The smallest absolute Gasteiger partial charge is 0.343 e. The Morgan fingerprint density at radius 1 is 1.27 bits per heavy atom. The zero-order valence-corrected chi connectivity index (χ0v) is 14.4. The van der Waals surface area contributed by atoms with Crippen molar-refractivity contribution in [2.45, 2.75) is 0 Å². The van der Waals surface area contributed by atoms with E-state index < -0.39 is 10.9 Å². The predicted octanol–water partition coefficient (Wildman–Crippen LogP) is 1.99. The van der Waals surface area contributed by atoms with Crippen molar-refractivity contribution >= 4 is 35.2 Å². The average molecular weight is 374 g/mol. The van der Waals surface area contributed by atoms with Gasteiger partial charge in [0.2, 0.25) is 0 Å². The second-order valence-corrected chi connectivity index (χ2v) is 5.28. The van der Waals surface area contributed by atoms with Crippen molar-refractivity contribution in [1.29, 1.82) is 0 Å². The van der Waals surface area contributed by atoms with Crippen molar-refractivity contribution in [1.82, 2.24) is 5.43 Å². The van der Waals surface area contributed by atoms with Gasteiger partial charge >= 0.3 is 5.97 Å². The summed E-state index contributed by atoms with van der Waals surface area (Å²) < 4.78 is 10.5. The minimum atomic E-state index is -0.672. The molecule has 0 radical (unpaired) electrons. The number of nitrogens with zero attached hydrogens (tertiary/aromatic N) is 2. The van der Waals surface area contributed by atoms with E-state index in [0.717, 1.165) is 0 Å². The van der Waals surface area contributed by atoms with Crippen LogP contribution in [0.3, 0.4) is 0 Å². The molecule has 2 aromatic carbocycles. The van der Waals surface area contributed by atoms with Gasteiger partial charge in [0.05, 0.1) is 23.8 Å². The minimum absolute atomic E-state index is 0.0295. The zero-order chi connectivity index (χ0) is 19.1. The summed E-state index contributed by atoms with van der Waals surface area (Å²) in [6.07, 6.45) is 1.46. The highest BCUT2D eigenvalue weighted by Gasteiger charge is 2.14. The zero-order valence-electron chi connectivity index (χ0n) is 13.5. The predicted molar refractivity (Wildman–Crippen MR) is 98.6 cm³/mol. The quantitative estimate of drug-likeness (QED) is 0.196. The monoisotopic (exact) mass is 374 g/mol. The first-order valence-electron chi connectivity index (χ1n) is 7.14. The fourth-order valence-electron chi connectivity index (χ4n) is 1.90. The van der Waals surface area contributed by atoms with Crippen LogP contribution in [0.1, 0.15) is 15.9 Å².